The molecular formula is C14H20FN. The molecule has 0 radical (unpaired) electrons. The van der Waals surface area contributed by atoms with Crippen molar-refractivity contribution in [2.24, 2.45) is 5.92 Å². The zero-order valence-electron chi connectivity index (χ0n) is 10.3. The van der Waals surface area contributed by atoms with Gasteiger partial charge in [-0.2, -0.15) is 0 Å². The van der Waals surface area contributed by atoms with Crippen LogP contribution in [0.1, 0.15) is 50.3 Å². The van der Waals surface area contributed by atoms with Crippen molar-refractivity contribution in [1.82, 2.24) is 5.32 Å². The summed E-state index contributed by atoms with van der Waals surface area (Å²) >= 11 is 0. The zero-order chi connectivity index (χ0) is 11.7. The molecule has 2 rings (SSSR count). The lowest BCUT2D eigenvalue weighted by atomic mass is 9.90. The van der Waals surface area contributed by atoms with Gasteiger partial charge < -0.3 is 5.32 Å². The SMILES string of the molecule is CCNC1c2cc(F)ccc2C(CC)C1C. The third-order valence-electron chi connectivity index (χ3n) is 3.81. The van der Waals surface area contributed by atoms with Crippen LogP contribution in [0.4, 0.5) is 4.39 Å². The van der Waals surface area contributed by atoms with Crippen molar-refractivity contribution in [1.29, 1.82) is 0 Å². The largest absolute Gasteiger partial charge is 0.310 e. The molecule has 0 bridgehead atoms. The van der Waals surface area contributed by atoms with E-state index >= 15 is 0 Å². The van der Waals surface area contributed by atoms with Crippen molar-refractivity contribution in [3.63, 3.8) is 0 Å². The van der Waals surface area contributed by atoms with Gasteiger partial charge >= 0.3 is 0 Å². The first-order valence-corrected chi connectivity index (χ1v) is 6.21. The first-order valence-electron chi connectivity index (χ1n) is 6.21. The fraction of sp³-hybridized carbons (Fsp3) is 0.571. The minimum Gasteiger partial charge on any atom is -0.310 e. The average molecular weight is 221 g/mol. The Hall–Kier alpha value is -0.890. The molecule has 0 aromatic heterocycles. The second-order valence-corrected chi connectivity index (χ2v) is 4.68. The Labute approximate surface area is 97.1 Å². The molecule has 1 aromatic carbocycles. The van der Waals surface area contributed by atoms with Crippen molar-refractivity contribution < 1.29 is 4.39 Å². The molecule has 3 atom stereocenters. The molecule has 0 fully saturated rings. The van der Waals surface area contributed by atoms with E-state index in [-0.39, 0.29) is 5.82 Å². The Morgan fingerprint density at radius 3 is 2.62 bits per heavy atom. The van der Waals surface area contributed by atoms with Gasteiger partial charge in [0, 0.05) is 6.04 Å². The standard InChI is InChI=1S/C14H20FN/c1-4-11-9(3)14(16-5-2)13-8-10(15)6-7-12(11)13/h6-9,11,14,16H,4-5H2,1-3H3. The smallest absolute Gasteiger partial charge is 0.123 e. The molecule has 1 aromatic rings. The summed E-state index contributed by atoms with van der Waals surface area (Å²) in [6.45, 7) is 7.51. The van der Waals surface area contributed by atoms with Crippen LogP contribution >= 0.6 is 0 Å². The Morgan fingerprint density at radius 2 is 2.00 bits per heavy atom. The highest BCUT2D eigenvalue weighted by atomic mass is 19.1. The summed E-state index contributed by atoms with van der Waals surface area (Å²) in [7, 11) is 0. The fourth-order valence-corrected chi connectivity index (χ4v) is 3.06. The molecule has 0 heterocycles. The molecule has 3 unspecified atom stereocenters. The van der Waals surface area contributed by atoms with Crippen LogP contribution in [-0.2, 0) is 0 Å². The second-order valence-electron chi connectivity index (χ2n) is 4.68. The van der Waals surface area contributed by atoms with E-state index in [2.05, 4.69) is 26.1 Å². The number of benzene rings is 1. The van der Waals surface area contributed by atoms with Crippen LogP contribution in [-0.4, -0.2) is 6.54 Å². The second kappa shape index (κ2) is 4.54. The van der Waals surface area contributed by atoms with Crippen molar-refractivity contribution in [2.45, 2.75) is 39.2 Å². The lowest BCUT2D eigenvalue weighted by molar-refractivity contribution is 0.367. The van der Waals surface area contributed by atoms with E-state index in [4.69, 9.17) is 0 Å². The highest BCUT2D eigenvalue weighted by Crippen LogP contribution is 2.46. The molecule has 0 saturated heterocycles. The Morgan fingerprint density at radius 1 is 1.25 bits per heavy atom. The Kier molecular flexibility index (Phi) is 3.29. The van der Waals surface area contributed by atoms with Gasteiger partial charge in [0.1, 0.15) is 5.82 Å². The molecule has 0 aliphatic heterocycles. The Balaban J connectivity index is 2.42. The fourth-order valence-electron chi connectivity index (χ4n) is 3.06. The van der Waals surface area contributed by atoms with Crippen LogP contribution in [0.3, 0.4) is 0 Å². The molecular weight excluding hydrogens is 201 g/mol. The van der Waals surface area contributed by atoms with Gasteiger partial charge in [0.15, 0.2) is 0 Å². The predicted octanol–water partition coefficient (Wildman–Crippen LogP) is 3.62. The van der Waals surface area contributed by atoms with Gasteiger partial charge in [-0.15, -0.1) is 0 Å². The summed E-state index contributed by atoms with van der Waals surface area (Å²) in [5.74, 6) is 1.01. The number of hydrogen-bond acceptors (Lipinski definition) is 1. The van der Waals surface area contributed by atoms with Crippen molar-refractivity contribution >= 4 is 0 Å². The van der Waals surface area contributed by atoms with Crippen molar-refractivity contribution in [3.8, 4) is 0 Å². The molecule has 88 valence electrons. The van der Waals surface area contributed by atoms with E-state index in [0.29, 0.717) is 17.9 Å². The van der Waals surface area contributed by atoms with Gasteiger partial charge in [-0.25, -0.2) is 4.39 Å². The molecule has 1 aliphatic carbocycles. The number of hydrogen-bond donors (Lipinski definition) is 1. The van der Waals surface area contributed by atoms with Crippen molar-refractivity contribution in [3.05, 3.63) is 35.1 Å². The molecule has 1 nitrogen and oxygen atoms in total. The van der Waals surface area contributed by atoms with E-state index < -0.39 is 0 Å². The van der Waals surface area contributed by atoms with Gasteiger partial charge in [-0.1, -0.05) is 26.8 Å². The molecule has 1 N–H and O–H groups in total. The highest BCUT2D eigenvalue weighted by molar-refractivity contribution is 5.39. The van der Waals surface area contributed by atoms with Crippen LogP contribution < -0.4 is 5.32 Å². The third-order valence-corrected chi connectivity index (χ3v) is 3.81. The maximum Gasteiger partial charge on any atom is 0.123 e. The maximum atomic E-state index is 13.3. The van der Waals surface area contributed by atoms with Gasteiger partial charge in [-0.3, -0.25) is 0 Å². The summed E-state index contributed by atoms with van der Waals surface area (Å²) < 4.78 is 13.3. The van der Waals surface area contributed by atoms with E-state index in [1.807, 2.05) is 6.07 Å². The van der Waals surface area contributed by atoms with Crippen molar-refractivity contribution in [2.75, 3.05) is 6.54 Å². The minimum atomic E-state index is -0.120. The van der Waals surface area contributed by atoms with Gasteiger partial charge in [0.05, 0.1) is 0 Å². The van der Waals surface area contributed by atoms with E-state index in [9.17, 15) is 4.39 Å². The zero-order valence-corrected chi connectivity index (χ0v) is 10.3. The topological polar surface area (TPSA) is 12.0 Å². The number of halogens is 1. The summed E-state index contributed by atoms with van der Waals surface area (Å²) in [5, 5.41) is 3.48. The lowest BCUT2D eigenvalue weighted by Gasteiger charge is -2.21. The molecule has 0 saturated carbocycles. The predicted molar refractivity (Wildman–Crippen MR) is 65.0 cm³/mol. The number of fused-ring (bicyclic) bond motifs is 1. The average Bonchev–Trinajstić information content (AvgIpc) is 2.52. The molecule has 16 heavy (non-hydrogen) atoms. The van der Waals surface area contributed by atoms with E-state index in [0.717, 1.165) is 13.0 Å². The first-order chi connectivity index (χ1) is 7.69. The van der Waals surface area contributed by atoms with Crippen LogP contribution in [0, 0.1) is 11.7 Å². The van der Waals surface area contributed by atoms with Gasteiger partial charge in [-0.05, 0) is 48.1 Å². The Bertz CT molecular complexity index is 375. The summed E-state index contributed by atoms with van der Waals surface area (Å²) in [6, 6.07) is 5.57. The minimum absolute atomic E-state index is 0.120. The molecule has 2 heteroatoms. The number of nitrogens with one attached hydrogen (secondary N) is 1. The first kappa shape index (κ1) is 11.6. The third kappa shape index (κ3) is 1.75. The summed E-state index contributed by atoms with van der Waals surface area (Å²) in [4.78, 5) is 0. The van der Waals surface area contributed by atoms with Crippen LogP contribution in [0.5, 0.6) is 0 Å². The van der Waals surface area contributed by atoms with Crippen LogP contribution in [0.2, 0.25) is 0 Å². The quantitative estimate of drug-likeness (QED) is 0.822. The highest BCUT2D eigenvalue weighted by Gasteiger charge is 2.36. The summed E-state index contributed by atoms with van der Waals surface area (Å²) in [5.41, 5.74) is 2.50. The lowest BCUT2D eigenvalue weighted by Crippen LogP contribution is -2.24. The van der Waals surface area contributed by atoms with Gasteiger partial charge in [0.25, 0.3) is 0 Å². The van der Waals surface area contributed by atoms with Crippen LogP contribution in [0.25, 0.3) is 0 Å². The summed E-state index contributed by atoms with van der Waals surface area (Å²) in [6.07, 6.45) is 1.13. The molecule has 0 spiro atoms. The van der Waals surface area contributed by atoms with E-state index in [1.165, 1.54) is 11.1 Å². The normalized spacial score (nSPS) is 28.1. The van der Waals surface area contributed by atoms with Gasteiger partial charge in [0.2, 0.25) is 0 Å². The molecule has 0 amide bonds. The van der Waals surface area contributed by atoms with Crippen LogP contribution in [0.15, 0.2) is 18.2 Å². The monoisotopic (exact) mass is 221 g/mol. The molecule has 1 aliphatic rings. The number of rotatable bonds is 3. The maximum absolute atomic E-state index is 13.3. The van der Waals surface area contributed by atoms with E-state index in [1.54, 1.807) is 12.1 Å².